The second-order valence-corrected chi connectivity index (χ2v) is 5.89. The van der Waals surface area contributed by atoms with E-state index in [9.17, 15) is 24.1 Å². The molecule has 7 nitrogen and oxygen atoms in total. The number of carbonyl (C=O) groups is 2. The average molecular weight is 411 g/mol. The van der Waals surface area contributed by atoms with Crippen LogP contribution in [0, 0.1) is 22.9 Å². The van der Waals surface area contributed by atoms with Crippen LogP contribution in [0.1, 0.15) is 15.9 Å². The highest BCUT2D eigenvalue weighted by atomic mass is 79.9. The maximum absolute atomic E-state index is 13.6. The molecule has 130 valence electrons. The van der Waals surface area contributed by atoms with E-state index in [-0.39, 0.29) is 21.4 Å². The van der Waals surface area contributed by atoms with Gasteiger partial charge in [-0.2, -0.15) is 0 Å². The summed E-state index contributed by atoms with van der Waals surface area (Å²) in [5.74, 6) is -2.25. The van der Waals surface area contributed by atoms with Crippen molar-refractivity contribution in [1.29, 1.82) is 0 Å². The van der Waals surface area contributed by atoms with Crippen molar-refractivity contribution in [3.05, 3.63) is 67.9 Å². The van der Waals surface area contributed by atoms with E-state index in [1.165, 1.54) is 24.3 Å². The second-order valence-electron chi connectivity index (χ2n) is 5.03. The summed E-state index contributed by atoms with van der Waals surface area (Å²) in [6.45, 7) is 1.05. The molecule has 0 radical (unpaired) electrons. The molecule has 0 atom stereocenters. The number of halogens is 2. The molecule has 0 aliphatic carbocycles. The first-order valence-electron chi connectivity index (χ1n) is 6.95. The summed E-state index contributed by atoms with van der Waals surface area (Å²) < 4.78 is 18.6. The number of anilines is 1. The molecule has 0 fully saturated rings. The van der Waals surface area contributed by atoms with Gasteiger partial charge in [-0.3, -0.25) is 14.9 Å². The Morgan fingerprint density at radius 3 is 2.64 bits per heavy atom. The van der Waals surface area contributed by atoms with E-state index >= 15 is 0 Å². The Kier molecular flexibility index (Phi) is 5.81. The van der Waals surface area contributed by atoms with Gasteiger partial charge in [-0.05, 0) is 52.7 Å². The lowest BCUT2D eigenvalue weighted by molar-refractivity contribution is -0.385. The van der Waals surface area contributed by atoms with Crippen LogP contribution in [0.2, 0.25) is 0 Å². The van der Waals surface area contributed by atoms with Crippen molar-refractivity contribution < 1.29 is 23.6 Å². The highest BCUT2D eigenvalue weighted by Crippen LogP contribution is 2.25. The summed E-state index contributed by atoms with van der Waals surface area (Å²) in [4.78, 5) is 33.8. The van der Waals surface area contributed by atoms with Gasteiger partial charge in [0.1, 0.15) is 5.82 Å². The molecule has 0 aromatic heterocycles. The highest BCUT2D eigenvalue weighted by molar-refractivity contribution is 9.10. The second kappa shape index (κ2) is 7.84. The van der Waals surface area contributed by atoms with E-state index < -0.39 is 29.2 Å². The zero-order chi connectivity index (χ0) is 18.6. The Bertz CT molecular complexity index is 856. The molecule has 0 spiro atoms. The van der Waals surface area contributed by atoms with Gasteiger partial charge in [-0.15, -0.1) is 0 Å². The quantitative estimate of drug-likeness (QED) is 0.461. The lowest BCUT2D eigenvalue weighted by Gasteiger charge is -2.08. The largest absolute Gasteiger partial charge is 0.452 e. The zero-order valence-corrected chi connectivity index (χ0v) is 14.5. The van der Waals surface area contributed by atoms with Crippen molar-refractivity contribution in [2.24, 2.45) is 0 Å². The lowest BCUT2D eigenvalue weighted by atomic mass is 10.2. The first-order valence-corrected chi connectivity index (χ1v) is 7.74. The van der Waals surface area contributed by atoms with E-state index in [4.69, 9.17) is 4.74 Å². The van der Waals surface area contributed by atoms with E-state index in [0.717, 1.165) is 6.07 Å². The molecule has 25 heavy (non-hydrogen) atoms. The van der Waals surface area contributed by atoms with Gasteiger partial charge in [0.25, 0.3) is 11.6 Å². The van der Waals surface area contributed by atoms with Crippen molar-refractivity contribution in [3.8, 4) is 0 Å². The summed E-state index contributed by atoms with van der Waals surface area (Å²) in [7, 11) is 0. The van der Waals surface area contributed by atoms with Crippen LogP contribution in [0.25, 0.3) is 0 Å². The number of nitrogens with one attached hydrogen (secondary N) is 1. The first-order chi connectivity index (χ1) is 11.8. The minimum absolute atomic E-state index is 0.0362. The molecule has 0 unspecified atom stereocenters. The molecule has 2 aromatic carbocycles. The highest BCUT2D eigenvalue weighted by Gasteiger charge is 2.18. The lowest BCUT2D eigenvalue weighted by Crippen LogP contribution is -2.21. The van der Waals surface area contributed by atoms with Gasteiger partial charge in [0, 0.05) is 6.07 Å². The summed E-state index contributed by atoms with van der Waals surface area (Å²) in [6.07, 6.45) is 0. The Morgan fingerprint density at radius 2 is 2.00 bits per heavy atom. The molecule has 1 amide bonds. The van der Waals surface area contributed by atoms with Gasteiger partial charge >= 0.3 is 5.97 Å². The minimum atomic E-state index is -0.907. The zero-order valence-electron chi connectivity index (χ0n) is 12.9. The minimum Gasteiger partial charge on any atom is -0.452 e. The predicted octanol–water partition coefficient (Wildman–Crippen LogP) is 3.60. The normalized spacial score (nSPS) is 10.2. The summed E-state index contributed by atoms with van der Waals surface area (Å²) in [5, 5.41) is 13.1. The van der Waals surface area contributed by atoms with Crippen LogP contribution in [0.4, 0.5) is 15.8 Å². The predicted molar refractivity (Wildman–Crippen MR) is 90.8 cm³/mol. The number of rotatable bonds is 5. The fraction of sp³-hybridized carbons (Fsp3) is 0.125. The standard InChI is InChI=1S/C16H12BrFN2O5/c1-9-2-5-13(12(18)6-9)19-15(21)8-25-16(22)10-3-4-11(17)14(7-10)20(23)24/h2-7H,8H2,1H3,(H,19,21). The molecule has 9 heteroatoms. The number of carbonyl (C=O) groups excluding carboxylic acids is 2. The number of nitro benzene ring substituents is 1. The summed E-state index contributed by atoms with van der Waals surface area (Å²) >= 11 is 3.00. The van der Waals surface area contributed by atoms with Gasteiger partial charge < -0.3 is 10.1 Å². The molecular formula is C16H12BrFN2O5. The van der Waals surface area contributed by atoms with Crippen molar-refractivity contribution in [2.45, 2.75) is 6.92 Å². The van der Waals surface area contributed by atoms with E-state index in [0.29, 0.717) is 5.56 Å². The molecule has 2 aromatic rings. The smallest absolute Gasteiger partial charge is 0.338 e. The van der Waals surface area contributed by atoms with Crippen molar-refractivity contribution >= 4 is 39.2 Å². The number of ether oxygens (including phenoxy) is 1. The molecule has 0 aliphatic heterocycles. The van der Waals surface area contributed by atoms with Crippen LogP contribution in [0.3, 0.4) is 0 Å². The maximum Gasteiger partial charge on any atom is 0.338 e. The third-order valence-corrected chi connectivity index (χ3v) is 3.78. The molecule has 0 aliphatic rings. The molecule has 0 saturated carbocycles. The SMILES string of the molecule is Cc1ccc(NC(=O)COC(=O)c2ccc(Br)c([N+](=O)[O-])c2)c(F)c1. The molecule has 0 saturated heterocycles. The number of esters is 1. The van der Waals surface area contributed by atoms with Crippen LogP contribution >= 0.6 is 15.9 Å². The van der Waals surface area contributed by atoms with Gasteiger partial charge in [-0.1, -0.05) is 6.07 Å². The van der Waals surface area contributed by atoms with Gasteiger partial charge in [0.05, 0.1) is 20.6 Å². The Balaban J connectivity index is 1.98. The molecule has 0 heterocycles. The number of benzene rings is 2. The maximum atomic E-state index is 13.6. The summed E-state index contributed by atoms with van der Waals surface area (Å²) in [5.41, 5.74) is 0.273. The number of hydrogen-bond donors (Lipinski definition) is 1. The van der Waals surface area contributed by atoms with Gasteiger partial charge in [-0.25, -0.2) is 9.18 Å². The first kappa shape index (κ1) is 18.5. The van der Waals surface area contributed by atoms with Crippen LogP contribution < -0.4 is 5.32 Å². The fourth-order valence-electron chi connectivity index (χ4n) is 1.90. The van der Waals surface area contributed by atoms with E-state index in [1.807, 2.05) is 0 Å². The topological polar surface area (TPSA) is 98.5 Å². The average Bonchev–Trinajstić information content (AvgIpc) is 2.55. The molecule has 1 N–H and O–H groups in total. The van der Waals surface area contributed by atoms with Crippen molar-refractivity contribution in [2.75, 3.05) is 11.9 Å². The number of aryl methyl sites for hydroxylation is 1. The van der Waals surface area contributed by atoms with Crippen LogP contribution in [-0.4, -0.2) is 23.4 Å². The van der Waals surface area contributed by atoms with Crippen LogP contribution in [0.15, 0.2) is 40.9 Å². The van der Waals surface area contributed by atoms with Crippen molar-refractivity contribution in [3.63, 3.8) is 0 Å². The van der Waals surface area contributed by atoms with Crippen LogP contribution in [0.5, 0.6) is 0 Å². The van der Waals surface area contributed by atoms with Gasteiger partial charge in [0.2, 0.25) is 0 Å². The van der Waals surface area contributed by atoms with E-state index in [2.05, 4.69) is 21.2 Å². The third-order valence-electron chi connectivity index (χ3n) is 3.11. The third kappa shape index (κ3) is 4.83. The van der Waals surface area contributed by atoms with Gasteiger partial charge in [0.15, 0.2) is 6.61 Å². The van der Waals surface area contributed by atoms with E-state index in [1.54, 1.807) is 13.0 Å². The Hall–Kier alpha value is -2.81. The fourth-order valence-corrected chi connectivity index (χ4v) is 2.29. The number of amides is 1. The monoisotopic (exact) mass is 410 g/mol. The summed E-state index contributed by atoms with van der Waals surface area (Å²) in [6, 6.07) is 7.94. The number of nitrogens with zero attached hydrogens (tertiary/aromatic N) is 1. The molecular weight excluding hydrogens is 399 g/mol. The number of hydrogen-bond acceptors (Lipinski definition) is 5. The van der Waals surface area contributed by atoms with Crippen LogP contribution in [-0.2, 0) is 9.53 Å². The molecule has 0 bridgehead atoms. The van der Waals surface area contributed by atoms with Crippen molar-refractivity contribution in [1.82, 2.24) is 0 Å². The Labute approximate surface area is 150 Å². The Morgan fingerprint density at radius 1 is 1.28 bits per heavy atom. The number of nitro groups is 1. The molecule has 2 rings (SSSR count).